The number of hydrogen-bond donors (Lipinski definition) is 0. The summed E-state index contributed by atoms with van der Waals surface area (Å²) in [6.07, 6.45) is 2.94. The van der Waals surface area contributed by atoms with E-state index in [-0.39, 0.29) is 10.8 Å². The molecule has 0 amide bonds. The molecule has 0 bridgehead atoms. The molecule has 4 heteroatoms. The van der Waals surface area contributed by atoms with E-state index < -0.39 is 13.3 Å². The van der Waals surface area contributed by atoms with E-state index in [1.54, 1.807) is 10.7 Å². The third-order valence-corrected chi connectivity index (χ3v) is 13.1. The van der Waals surface area contributed by atoms with Crippen LogP contribution in [0.15, 0.2) is 54.9 Å². The summed E-state index contributed by atoms with van der Waals surface area (Å²) in [5.41, 5.74) is 6.78. The van der Waals surface area contributed by atoms with E-state index in [9.17, 15) is 0 Å². The summed E-state index contributed by atoms with van der Waals surface area (Å²) in [4.78, 5) is 9.69. The van der Waals surface area contributed by atoms with E-state index in [0.29, 0.717) is 0 Å². The van der Waals surface area contributed by atoms with Crippen LogP contribution >= 0.6 is 11.3 Å². The Balaban J connectivity index is 1.68. The molecule has 3 aromatic carbocycles. The number of fused-ring (bicyclic) bond motifs is 6. The van der Waals surface area contributed by atoms with Gasteiger partial charge in [0.25, 0.3) is 0 Å². The van der Waals surface area contributed by atoms with E-state index in [2.05, 4.69) is 93.5 Å². The normalized spacial score (nSPS) is 17.0. The van der Waals surface area contributed by atoms with E-state index in [4.69, 9.17) is 9.97 Å². The standard InChI is InChI=1S/C30H32GeN2S/c1-29(2)16-30(3,4)24-22(29)13-12-21-26-28(34-27(21)24)25(32-17-33-26)19-14-18-10-8-9-11-20(18)23(15-19)31(5,6)7/h8-15,17H,16H2,1-7H3. The van der Waals surface area contributed by atoms with Crippen LogP contribution in [0.5, 0.6) is 0 Å². The molecule has 0 atom stereocenters. The van der Waals surface area contributed by atoms with Crippen LogP contribution in [0.2, 0.25) is 17.3 Å². The molecule has 2 aromatic heterocycles. The summed E-state index contributed by atoms with van der Waals surface area (Å²) in [7, 11) is 0. The van der Waals surface area contributed by atoms with Crippen molar-refractivity contribution in [2.75, 3.05) is 0 Å². The molecule has 1 aliphatic carbocycles. The summed E-state index contributed by atoms with van der Waals surface area (Å²) in [5.74, 6) is 7.44. The molecule has 2 nitrogen and oxygen atoms in total. The third-order valence-electron chi connectivity index (χ3n) is 7.65. The number of aromatic nitrogens is 2. The molecule has 0 unspecified atom stereocenters. The first-order valence-corrected chi connectivity index (χ1v) is 20.4. The van der Waals surface area contributed by atoms with Crippen LogP contribution in [0.4, 0.5) is 0 Å². The topological polar surface area (TPSA) is 25.8 Å². The van der Waals surface area contributed by atoms with Gasteiger partial charge < -0.3 is 0 Å². The molecule has 5 aromatic rings. The van der Waals surface area contributed by atoms with Gasteiger partial charge in [-0.05, 0) is 0 Å². The summed E-state index contributed by atoms with van der Waals surface area (Å²) < 4.78 is 4.16. The van der Waals surface area contributed by atoms with Gasteiger partial charge in [-0.25, -0.2) is 0 Å². The Morgan fingerprint density at radius 1 is 0.824 bits per heavy atom. The van der Waals surface area contributed by atoms with Crippen LogP contribution in [-0.2, 0) is 10.8 Å². The number of rotatable bonds is 2. The second kappa shape index (κ2) is 7.14. The quantitative estimate of drug-likeness (QED) is 0.217. The van der Waals surface area contributed by atoms with Crippen LogP contribution in [0, 0.1) is 0 Å². The summed E-state index contributed by atoms with van der Waals surface area (Å²) >= 11 is -0.206. The molecule has 1 aliphatic rings. The maximum absolute atomic E-state index is 4.88. The van der Waals surface area contributed by atoms with E-state index >= 15 is 0 Å². The molecule has 6 rings (SSSR count). The Labute approximate surface area is 208 Å². The predicted octanol–water partition coefficient (Wildman–Crippen LogP) is 8.17. The van der Waals surface area contributed by atoms with E-state index in [1.165, 1.54) is 48.7 Å². The molecule has 2 heterocycles. The van der Waals surface area contributed by atoms with Gasteiger partial charge in [-0.2, -0.15) is 0 Å². The van der Waals surface area contributed by atoms with Crippen LogP contribution in [0.1, 0.15) is 45.2 Å². The Hall–Kier alpha value is -2.24. The first-order chi connectivity index (χ1) is 16.0. The van der Waals surface area contributed by atoms with Crippen molar-refractivity contribution in [2.45, 2.75) is 62.2 Å². The van der Waals surface area contributed by atoms with Gasteiger partial charge in [0.05, 0.1) is 0 Å². The van der Waals surface area contributed by atoms with Gasteiger partial charge in [0.15, 0.2) is 0 Å². The number of hydrogen-bond acceptors (Lipinski definition) is 3. The number of thiophene rings is 1. The second-order valence-electron chi connectivity index (χ2n) is 12.3. The first-order valence-electron chi connectivity index (χ1n) is 12.2. The van der Waals surface area contributed by atoms with Crippen molar-refractivity contribution in [3.05, 3.63) is 66.0 Å². The van der Waals surface area contributed by atoms with Crippen molar-refractivity contribution in [1.29, 1.82) is 0 Å². The second-order valence-corrected chi connectivity index (χ2v) is 23.9. The van der Waals surface area contributed by atoms with Gasteiger partial charge in [0, 0.05) is 0 Å². The molecular weight excluding hydrogens is 493 g/mol. The predicted molar refractivity (Wildman–Crippen MR) is 152 cm³/mol. The molecule has 0 aliphatic heterocycles. The zero-order valence-corrected chi connectivity index (χ0v) is 24.1. The van der Waals surface area contributed by atoms with Crippen LogP contribution in [0.3, 0.4) is 0 Å². The molecule has 0 N–H and O–H groups in total. The van der Waals surface area contributed by atoms with Gasteiger partial charge in [-0.15, -0.1) is 0 Å². The molecule has 0 fully saturated rings. The van der Waals surface area contributed by atoms with Gasteiger partial charge in [-0.3, -0.25) is 0 Å². The fourth-order valence-electron chi connectivity index (χ4n) is 6.44. The zero-order valence-electron chi connectivity index (χ0n) is 21.2. The zero-order chi connectivity index (χ0) is 24.0. The number of nitrogens with zero attached hydrogens (tertiary/aromatic N) is 2. The SMILES string of the molecule is CC1(C)CC(C)(C)c2c1ccc1c2sc2c(-c3c[c]([Ge]([CH3])([CH3])[CH3])c4ccccc4c3)ncnc21. The molecular formula is C30H32GeN2S. The maximum atomic E-state index is 4.88. The van der Waals surface area contributed by atoms with Gasteiger partial charge in [0.2, 0.25) is 0 Å². The van der Waals surface area contributed by atoms with Crippen molar-refractivity contribution >= 4 is 60.1 Å². The fourth-order valence-corrected chi connectivity index (χ4v) is 11.3. The summed E-state index contributed by atoms with van der Waals surface area (Å²) in [6.45, 7) is 9.59. The average Bonchev–Trinajstić information content (AvgIpc) is 3.23. The molecule has 0 radical (unpaired) electrons. The number of benzene rings is 3. The van der Waals surface area contributed by atoms with Crippen molar-refractivity contribution in [1.82, 2.24) is 9.97 Å². The minimum atomic E-state index is -2.11. The fraction of sp³-hybridized carbons (Fsp3) is 0.333. The monoisotopic (exact) mass is 526 g/mol. The Kier molecular flexibility index (Phi) is 4.67. The van der Waals surface area contributed by atoms with Crippen molar-refractivity contribution in [3.8, 4) is 11.3 Å². The molecule has 34 heavy (non-hydrogen) atoms. The van der Waals surface area contributed by atoms with E-state index in [1.807, 2.05) is 11.3 Å². The first kappa shape index (κ1) is 22.2. The Morgan fingerprint density at radius 2 is 1.59 bits per heavy atom. The third kappa shape index (κ3) is 3.20. The van der Waals surface area contributed by atoms with Gasteiger partial charge in [0.1, 0.15) is 0 Å². The minimum absolute atomic E-state index is 0.155. The molecule has 0 saturated carbocycles. The molecule has 0 saturated heterocycles. The van der Waals surface area contributed by atoms with Gasteiger partial charge >= 0.3 is 209 Å². The van der Waals surface area contributed by atoms with Crippen LogP contribution in [-0.4, -0.2) is 23.2 Å². The van der Waals surface area contributed by atoms with Crippen molar-refractivity contribution in [2.24, 2.45) is 0 Å². The molecule has 0 spiro atoms. The van der Waals surface area contributed by atoms with Crippen molar-refractivity contribution < 1.29 is 0 Å². The summed E-state index contributed by atoms with van der Waals surface area (Å²) in [6, 6.07) is 18.3. The Morgan fingerprint density at radius 3 is 2.35 bits per heavy atom. The summed E-state index contributed by atoms with van der Waals surface area (Å²) in [5, 5.41) is 4.00. The van der Waals surface area contributed by atoms with Gasteiger partial charge in [-0.1, -0.05) is 0 Å². The van der Waals surface area contributed by atoms with Crippen LogP contribution < -0.4 is 4.40 Å². The molecule has 172 valence electrons. The average molecular weight is 525 g/mol. The van der Waals surface area contributed by atoms with Crippen molar-refractivity contribution in [3.63, 3.8) is 0 Å². The Bertz CT molecular complexity index is 1620. The van der Waals surface area contributed by atoms with Crippen LogP contribution in [0.25, 0.3) is 42.3 Å². The van der Waals surface area contributed by atoms with E-state index in [0.717, 1.165) is 11.2 Å².